The van der Waals surface area contributed by atoms with E-state index in [0.717, 1.165) is 11.8 Å². The molecular formula is C15H15FN2O3S. The summed E-state index contributed by atoms with van der Waals surface area (Å²) in [5, 5.41) is -0.273. The zero-order valence-corrected chi connectivity index (χ0v) is 12.6. The van der Waals surface area contributed by atoms with Crippen molar-refractivity contribution in [1.82, 2.24) is 9.80 Å². The van der Waals surface area contributed by atoms with E-state index in [1.165, 1.54) is 17.0 Å². The second kappa shape index (κ2) is 6.60. The molecule has 2 heterocycles. The lowest BCUT2D eigenvalue weighted by Gasteiger charge is -2.29. The molecule has 2 fully saturated rings. The number of thioether (sulfide) groups is 1. The van der Waals surface area contributed by atoms with E-state index < -0.39 is 0 Å². The first-order valence-corrected chi connectivity index (χ1v) is 7.76. The first-order valence-electron chi connectivity index (χ1n) is 6.94. The molecule has 3 rings (SSSR count). The molecule has 0 aliphatic carbocycles. The molecule has 0 N–H and O–H groups in total. The number of ether oxygens (including phenoxy) is 1. The monoisotopic (exact) mass is 322 g/mol. The number of hydrogen-bond acceptors (Lipinski definition) is 5. The van der Waals surface area contributed by atoms with Gasteiger partial charge in [0, 0.05) is 13.1 Å². The molecule has 22 heavy (non-hydrogen) atoms. The summed E-state index contributed by atoms with van der Waals surface area (Å²) in [6, 6.07) is 5.80. The summed E-state index contributed by atoms with van der Waals surface area (Å²) in [4.78, 5) is 28.0. The van der Waals surface area contributed by atoms with Crippen LogP contribution in [0.3, 0.4) is 0 Å². The molecule has 7 heteroatoms. The van der Waals surface area contributed by atoms with E-state index in [1.807, 2.05) is 4.90 Å². The number of carbonyl (C=O) groups is 2. The third-order valence-electron chi connectivity index (χ3n) is 3.49. The Morgan fingerprint density at radius 3 is 2.55 bits per heavy atom. The van der Waals surface area contributed by atoms with E-state index in [4.69, 9.17) is 4.74 Å². The quantitative estimate of drug-likeness (QED) is 0.798. The van der Waals surface area contributed by atoms with Gasteiger partial charge in [-0.1, -0.05) is 12.1 Å². The van der Waals surface area contributed by atoms with Crippen molar-refractivity contribution in [1.29, 1.82) is 0 Å². The van der Waals surface area contributed by atoms with Gasteiger partial charge in [0.2, 0.25) is 0 Å². The fourth-order valence-corrected chi connectivity index (χ4v) is 3.11. The topological polar surface area (TPSA) is 49.9 Å². The number of imide groups is 1. The van der Waals surface area contributed by atoms with Crippen molar-refractivity contribution in [3.05, 3.63) is 40.6 Å². The van der Waals surface area contributed by atoms with Crippen LogP contribution in [0.25, 0.3) is 6.08 Å². The van der Waals surface area contributed by atoms with Crippen LogP contribution < -0.4 is 0 Å². The van der Waals surface area contributed by atoms with E-state index in [9.17, 15) is 14.0 Å². The lowest BCUT2D eigenvalue weighted by Crippen LogP contribution is -2.45. The summed E-state index contributed by atoms with van der Waals surface area (Å²) in [5.74, 6) is -0.636. The van der Waals surface area contributed by atoms with Crippen LogP contribution in [0, 0.1) is 5.82 Å². The van der Waals surface area contributed by atoms with Crippen LogP contribution in [0.2, 0.25) is 0 Å². The van der Waals surface area contributed by atoms with Crippen molar-refractivity contribution in [2.75, 3.05) is 33.0 Å². The zero-order chi connectivity index (χ0) is 15.5. The molecule has 0 radical (unpaired) electrons. The van der Waals surface area contributed by atoms with Crippen LogP contribution in [0.1, 0.15) is 5.56 Å². The molecule has 2 aliphatic heterocycles. The number of benzene rings is 1. The summed E-state index contributed by atoms with van der Waals surface area (Å²) < 4.78 is 18.1. The Morgan fingerprint density at radius 1 is 1.18 bits per heavy atom. The summed E-state index contributed by atoms with van der Waals surface area (Å²) in [6.07, 6.45) is 1.61. The highest BCUT2D eigenvalue weighted by molar-refractivity contribution is 8.18. The first kappa shape index (κ1) is 15.2. The largest absolute Gasteiger partial charge is 0.379 e. The van der Waals surface area contributed by atoms with Crippen molar-refractivity contribution in [3.63, 3.8) is 0 Å². The van der Waals surface area contributed by atoms with Gasteiger partial charge in [0.05, 0.1) is 24.8 Å². The summed E-state index contributed by atoms with van der Waals surface area (Å²) in [6.45, 7) is 2.93. The Kier molecular flexibility index (Phi) is 4.56. The summed E-state index contributed by atoms with van der Waals surface area (Å²) >= 11 is 0.916. The van der Waals surface area contributed by atoms with Crippen molar-refractivity contribution in [3.8, 4) is 0 Å². The smallest absolute Gasteiger partial charge is 0.294 e. The molecule has 1 aromatic rings. The average molecular weight is 322 g/mol. The maximum Gasteiger partial charge on any atom is 0.294 e. The van der Waals surface area contributed by atoms with Gasteiger partial charge in [-0.25, -0.2) is 4.39 Å². The van der Waals surface area contributed by atoms with Crippen molar-refractivity contribution >= 4 is 29.0 Å². The SMILES string of the molecule is O=C1S/C(=C\c2ccc(F)cc2)C(=O)N1CN1CCOCC1. The predicted octanol–water partition coefficient (Wildman–Crippen LogP) is 2.15. The van der Waals surface area contributed by atoms with Gasteiger partial charge in [-0.05, 0) is 35.5 Å². The maximum absolute atomic E-state index is 12.9. The number of carbonyl (C=O) groups excluding carboxylic acids is 2. The minimum atomic E-state index is -0.336. The second-order valence-electron chi connectivity index (χ2n) is 5.03. The minimum Gasteiger partial charge on any atom is -0.379 e. The third-order valence-corrected chi connectivity index (χ3v) is 4.39. The Morgan fingerprint density at radius 2 is 1.86 bits per heavy atom. The van der Waals surface area contributed by atoms with Gasteiger partial charge in [-0.3, -0.25) is 19.4 Å². The second-order valence-corrected chi connectivity index (χ2v) is 6.03. The fraction of sp³-hybridized carbons (Fsp3) is 0.333. The molecule has 0 saturated carbocycles. The number of rotatable bonds is 3. The number of halogens is 1. The minimum absolute atomic E-state index is 0.273. The molecule has 0 bridgehead atoms. The molecule has 0 aromatic heterocycles. The molecule has 2 saturated heterocycles. The molecule has 2 amide bonds. The van der Waals surface area contributed by atoms with Crippen molar-refractivity contribution in [2.24, 2.45) is 0 Å². The predicted molar refractivity (Wildman–Crippen MR) is 81.5 cm³/mol. The summed E-state index contributed by atoms with van der Waals surface area (Å²) in [7, 11) is 0. The molecular weight excluding hydrogens is 307 g/mol. The highest BCUT2D eigenvalue weighted by atomic mass is 32.2. The highest BCUT2D eigenvalue weighted by Gasteiger charge is 2.36. The van der Waals surface area contributed by atoms with Crippen LogP contribution in [0.15, 0.2) is 29.2 Å². The van der Waals surface area contributed by atoms with Gasteiger partial charge in [0.25, 0.3) is 11.1 Å². The van der Waals surface area contributed by atoms with Crippen LogP contribution >= 0.6 is 11.8 Å². The van der Waals surface area contributed by atoms with E-state index in [-0.39, 0.29) is 23.6 Å². The van der Waals surface area contributed by atoms with Gasteiger partial charge in [-0.2, -0.15) is 0 Å². The van der Waals surface area contributed by atoms with E-state index in [0.29, 0.717) is 36.8 Å². The van der Waals surface area contributed by atoms with E-state index in [1.54, 1.807) is 18.2 Å². The highest BCUT2D eigenvalue weighted by Crippen LogP contribution is 2.32. The lowest BCUT2D eigenvalue weighted by molar-refractivity contribution is -0.125. The Hall–Kier alpha value is -1.70. The van der Waals surface area contributed by atoms with E-state index >= 15 is 0 Å². The number of nitrogens with zero attached hydrogens (tertiary/aromatic N) is 2. The molecule has 0 unspecified atom stereocenters. The lowest BCUT2D eigenvalue weighted by atomic mass is 10.2. The zero-order valence-electron chi connectivity index (χ0n) is 11.8. The Balaban J connectivity index is 1.71. The van der Waals surface area contributed by atoms with Crippen LogP contribution in [0.4, 0.5) is 9.18 Å². The normalized spacial score (nSPS) is 21.9. The van der Waals surface area contributed by atoms with Crippen molar-refractivity contribution < 1.29 is 18.7 Å². The van der Waals surface area contributed by atoms with Gasteiger partial charge in [0.15, 0.2) is 0 Å². The molecule has 5 nitrogen and oxygen atoms in total. The van der Waals surface area contributed by atoms with Crippen LogP contribution in [-0.4, -0.2) is 53.9 Å². The number of amides is 2. The summed E-state index contributed by atoms with van der Waals surface area (Å²) in [5.41, 5.74) is 0.693. The molecule has 0 atom stereocenters. The standard InChI is InChI=1S/C15H15FN2O3S/c16-12-3-1-11(2-4-12)9-13-14(19)18(15(20)22-13)10-17-5-7-21-8-6-17/h1-4,9H,5-8,10H2/b13-9-. The van der Waals surface area contributed by atoms with Gasteiger partial charge in [0.1, 0.15) is 5.82 Å². The van der Waals surface area contributed by atoms with Gasteiger partial charge in [-0.15, -0.1) is 0 Å². The molecule has 1 aromatic carbocycles. The van der Waals surface area contributed by atoms with Crippen LogP contribution in [0.5, 0.6) is 0 Å². The Labute approximate surface area is 131 Å². The van der Waals surface area contributed by atoms with Crippen LogP contribution in [-0.2, 0) is 9.53 Å². The van der Waals surface area contributed by atoms with Gasteiger partial charge < -0.3 is 4.74 Å². The number of morpholine rings is 1. The third kappa shape index (κ3) is 3.37. The number of hydrogen-bond donors (Lipinski definition) is 0. The average Bonchev–Trinajstić information content (AvgIpc) is 2.78. The van der Waals surface area contributed by atoms with Crippen molar-refractivity contribution in [2.45, 2.75) is 0 Å². The fourth-order valence-electron chi connectivity index (χ4n) is 2.27. The Bertz CT molecular complexity index is 612. The van der Waals surface area contributed by atoms with Gasteiger partial charge >= 0.3 is 0 Å². The van der Waals surface area contributed by atoms with E-state index in [2.05, 4.69) is 0 Å². The first-order chi connectivity index (χ1) is 10.6. The molecule has 0 spiro atoms. The molecule has 2 aliphatic rings. The maximum atomic E-state index is 12.9. The molecule has 116 valence electrons.